The third-order valence-electron chi connectivity index (χ3n) is 9.58. The summed E-state index contributed by atoms with van der Waals surface area (Å²) in [5, 5.41) is 9.73. The zero-order chi connectivity index (χ0) is 29.9. The van der Waals surface area contributed by atoms with Gasteiger partial charge in [-0.3, -0.25) is 9.59 Å². The molecule has 1 N–H and O–H groups in total. The van der Waals surface area contributed by atoms with Crippen molar-refractivity contribution < 1.29 is 24.2 Å². The van der Waals surface area contributed by atoms with E-state index in [0.29, 0.717) is 64.3 Å². The first-order chi connectivity index (χ1) is 19.3. The second-order valence-corrected chi connectivity index (χ2v) is 12.7. The third kappa shape index (κ3) is 4.79. The molecule has 0 unspecified atom stereocenters. The SMILES string of the molecule is C=C(/C(C)=C(\C=C/CC)c1ccc(C)c(C(=O)O)n1)[C@@H]1C2=C(CC3(CCC3)CC2=O)OC2=C1C(=O)N(C)C(C)(C)C2. The number of aryl methyl sites for hydroxylation is 1. The molecular formula is C34H40N2O5. The number of aromatic carboxylic acids is 1. The first kappa shape index (κ1) is 28.8. The Morgan fingerprint density at radius 3 is 2.46 bits per heavy atom. The summed E-state index contributed by atoms with van der Waals surface area (Å²) in [5.74, 6) is -0.537. The lowest BCUT2D eigenvalue weighted by atomic mass is 9.58. The van der Waals surface area contributed by atoms with E-state index in [1.54, 1.807) is 31.0 Å². The van der Waals surface area contributed by atoms with Gasteiger partial charge >= 0.3 is 5.97 Å². The molecule has 2 aliphatic heterocycles. The first-order valence-electron chi connectivity index (χ1n) is 14.5. The molecule has 2 aliphatic carbocycles. The normalized spacial score (nSPS) is 23.7. The number of amides is 1. The van der Waals surface area contributed by atoms with Gasteiger partial charge in [-0.1, -0.05) is 38.1 Å². The van der Waals surface area contributed by atoms with E-state index in [4.69, 9.17) is 4.74 Å². The summed E-state index contributed by atoms with van der Waals surface area (Å²) in [5.41, 5.74) is 3.71. The maximum Gasteiger partial charge on any atom is 0.354 e. The van der Waals surface area contributed by atoms with Crippen LogP contribution in [-0.2, 0) is 14.3 Å². The highest BCUT2D eigenvalue weighted by Gasteiger charge is 2.52. The number of aromatic nitrogens is 1. The Morgan fingerprint density at radius 1 is 1.17 bits per heavy atom. The second-order valence-electron chi connectivity index (χ2n) is 12.7. The average molecular weight is 557 g/mol. The van der Waals surface area contributed by atoms with Crippen LogP contribution in [0.25, 0.3) is 5.57 Å². The number of Topliss-reactive ketones (excluding diaryl/α,β-unsaturated/α-hetero) is 1. The van der Waals surface area contributed by atoms with Crippen LogP contribution in [0, 0.1) is 18.3 Å². The highest BCUT2D eigenvalue weighted by Crippen LogP contribution is 2.57. The molecule has 1 atom stereocenters. The Hall–Kier alpha value is -3.74. The number of hydrogen-bond acceptors (Lipinski definition) is 5. The number of carboxylic acid groups (broad SMARTS) is 1. The van der Waals surface area contributed by atoms with Crippen LogP contribution in [0.3, 0.4) is 0 Å². The Morgan fingerprint density at radius 2 is 1.85 bits per heavy atom. The van der Waals surface area contributed by atoms with Gasteiger partial charge in [0.15, 0.2) is 11.5 Å². The van der Waals surface area contributed by atoms with E-state index in [2.05, 4.69) is 11.6 Å². The molecule has 0 saturated heterocycles. The van der Waals surface area contributed by atoms with Gasteiger partial charge in [-0.2, -0.15) is 0 Å². The van der Waals surface area contributed by atoms with Gasteiger partial charge in [-0.05, 0) is 75.1 Å². The Kier molecular flexibility index (Phi) is 7.21. The number of rotatable bonds is 6. The molecule has 1 aromatic heterocycles. The summed E-state index contributed by atoms with van der Waals surface area (Å²) in [6.07, 6.45) is 9.53. The van der Waals surface area contributed by atoms with Gasteiger partial charge < -0.3 is 14.7 Å². The maximum atomic E-state index is 14.0. The Balaban J connectivity index is 1.69. The monoisotopic (exact) mass is 556 g/mol. The lowest BCUT2D eigenvalue weighted by Gasteiger charge is -2.50. The van der Waals surface area contributed by atoms with Crippen molar-refractivity contribution in [2.45, 2.75) is 85.1 Å². The molecule has 7 nitrogen and oxygen atoms in total. The fraction of sp³-hybridized carbons (Fsp3) is 0.471. The molecule has 1 saturated carbocycles. The van der Waals surface area contributed by atoms with Crippen molar-refractivity contribution >= 4 is 23.2 Å². The summed E-state index contributed by atoms with van der Waals surface area (Å²) in [6.45, 7) is 14.2. The summed E-state index contributed by atoms with van der Waals surface area (Å²) >= 11 is 0. The molecule has 0 aromatic carbocycles. The van der Waals surface area contributed by atoms with E-state index in [0.717, 1.165) is 31.3 Å². The fourth-order valence-corrected chi connectivity index (χ4v) is 6.65. The van der Waals surface area contributed by atoms with Gasteiger partial charge in [-0.15, -0.1) is 0 Å². The van der Waals surface area contributed by atoms with Crippen molar-refractivity contribution in [2.75, 3.05) is 7.05 Å². The molecule has 0 bridgehead atoms. The first-order valence-corrected chi connectivity index (χ1v) is 14.5. The van der Waals surface area contributed by atoms with Crippen LogP contribution in [0.4, 0.5) is 0 Å². The van der Waals surface area contributed by atoms with E-state index in [1.807, 2.05) is 39.8 Å². The topological polar surface area (TPSA) is 96.8 Å². The molecule has 1 spiro atoms. The predicted octanol–water partition coefficient (Wildman–Crippen LogP) is 6.71. The minimum absolute atomic E-state index is 0.0102. The summed E-state index contributed by atoms with van der Waals surface area (Å²) in [6, 6.07) is 3.56. The fourth-order valence-electron chi connectivity index (χ4n) is 6.65. The summed E-state index contributed by atoms with van der Waals surface area (Å²) in [7, 11) is 1.80. The average Bonchev–Trinajstić information content (AvgIpc) is 2.89. The zero-order valence-electron chi connectivity index (χ0n) is 25.0. The van der Waals surface area contributed by atoms with Crippen molar-refractivity contribution in [3.8, 4) is 0 Å². The van der Waals surface area contributed by atoms with Gasteiger partial charge in [0.2, 0.25) is 0 Å². The number of likely N-dealkylation sites (N-methyl/N-ethyl adjacent to an activating group) is 1. The van der Waals surface area contributed by atoms with Crippen molar-refractivity contribution in [1.29, 1.82) is 0 Å². The van der Waals surface area contributed by atoms with E-state index >= 15 is 0 Å². The van der Waals surface area contributed by atoms with Crippen LogP contribution in [0.2, 0.25) is 0 Å². The third-order valence-corrected chi connectivity index (χ3v) is 9.58. The highest BCUT2D eigenvalue weighted by molar-refractivity contribution is 6.05. The lowest BCUT2D eigenvalue weighted by molar-refractivity contribution is -0.133. The number of carbonyl (C=O) groups is 3. The van der Waals surface area contributed by atoms with E-state index < -0.39 is 17.4 Å². The van der Waals surface area contributed by atoms with Crippen LogP contribution in [0.5, 0.6) is 0 Å². The van der Waals surface area contributed by atoms with Gasteiger partial charge in [0.1, 0.15) is 11.5 Å². The molecule has 1 aromatic rings. The summed E-state index contributed by atoms with van der Waals surface area (Å²) in [4.78, 5) is 46.0. The standard InChI is InChI=1S/C34H40N2O5/c1-8-9-11-22(23-13-12-19(2)30(35-23)32(39)40)20(3)21(4)27-28-24(37)16-34(14-10-15-34)18-26(28)41-25-17-33(5,6)36(7)31(38)29(25)27/h9,11-13,27H,4,8,10,14-18H2,1-3,5-7H3,(H,39,40)/b11-9-,22-20+/t27-/m1/s1. The quantitative estimate of drug-likeness (QED) is 0.391. The largest absolute Gasteiger partial charge is 0.477 e. The van der Waals surface area contributed by atoms with Gasteiger partial charge in [0.25, 0.3) is 5.91 Å². The Bertz CT molecular complexity index is 1500. The van der Waals surface area contributed by atoms with Crippen LogP contribution >= 0.6 is 0 Å². The van der Waals surface area contributed by atoms with Gasteiger partial charge in [-0.25, -0.2) is 9.78 Å². The molecule has 3 heterocycles. The summed E-state index contributed by atoms with van der Waals surface area (Å²) < 4.78 is 6.52. The zero-order valence-corrected chi connectivity index (χ0v) is 25.0. The minimum Gasteiger partial charge on any atom is -0.477 e. The lowest BCUT2D eigenvalue weighted by Crippen LogP contribution is -2.52. The number of hydrogen-bond donors (Lipinski definition) is 1. The van der Waals surface area contributed by atoms with Crippen LogP contribution < -0.4 is 0 Å². The molecule has 1 fully saturated rings. The smallest absolute Gasteiger partial charge is 0.354 e. The van der Waals surface area contributed by atoms with Crippen LogP contribution in [-0.4, -0.2) is 45.2 Å². The predicted molar refractivity (Wildman–Crippen MR) is 158 cm³/mol. The van der Waals surface area contributed by atoms with E-state index in [9.17, 15) is 19.5 Å². The van der Waals surface area contributed by atoms with Gasteiger partial charge in [0.05, 0.1) is 11.3 Å². The maximum absolute atomic E-state index is 14.0. The van der Waals surface area contributed by atoms with Crippen LogP contribution in [0.1, 0.15) is 94.4 Å². The molecule has 0 radical (unpaired) electrons. The Labute approximate surface area is 242 Å². The van der Waals surface area contributed by atoms with Crippen molar-refractivity contribution in [3.05, 3.63) is 81.6 Å². The number of carbonyl (C=O) groups excluding carboxylic acids is 2. The number of nitrogens with zero attached hydrogens (tertiary/aromatic N) is 2. The molecule has 4 aliphatic rings. The number of ether oxygens (including phenoxy) is 1. The number of carboxylic acids is 1. The van der Waals surface area contributed by atoms with Gasteiger partial charge in [0, 0.05) is 48.9 Å². The van der Waals surface area contributed by atoms with Crippen molar-refractivity contribution in [3.63, 3.8) is 0 Å². The molecule has 41 heavy (non-hydrogen) atoms. The molecule has 5 rings (SSSR count). The van der Waals surface area contributed by atoms with Crippen molar-refractivity contribution in [1.82, 2.24) is 9.88 Å². The van der Waals surface area contributed by atoms with Crippen molar-refractivity contribution in [2.24, 2.45) is 11.3 Å². The highest BCUT2D eigenvalue weighted by atomic mass is 16.5. The minimum atomic E-state index is -1.09. The molecule has 1 amide bonds. The number of pyridine rings is 1. The van der Waals surface area contributed by atoms with E-state index in [1.165, 1.54) is 0 Å². The molecule has 216 valence electrons. The van der Waals surface area contributed by atoms with Crippen LogP contribution in [0.15, 0.2) is 64.7 Å². The molecular weight excluding hydrogens is 516 g/mol. The number of ketones is 1. The van der Waals surface area contributed by atoms with E-state index in [-0.39, 0.29) is 22.8 Å². The number of allylic oxidation sites excluding steroid dienone is 7. The molecule has 7 heteroatoms. The second kappa shape index (κ2) is 10.3.